The molecule has 0 atom stereocenters. The molecule has 0 aromatic heterocycles. The van der Waals surface area contributed by atoms with Crippen LogP contribution in [0.25, 0.3) is 11.1 Å². The zero-order valence-corrected chi connectivity index (χ0v) is 20.6. The molecule has 0 spiro atoms. The van der Waals surface area contributed by atoms with Crippen LogP contribution in [0, 0.1) is 29.1 Å². The summed E-state index contributed by atoms with van der Waals surface area (Å²) in [5.74, 6) is 3.87. The Hall–Kier alpha value is -2.33. The number of nitrogens with two attached hydrogens (primary N) is 1. The second-order valence-corrected chi connectivity index (χ2v) is 12.2. The van der Waals surface area contributed by atoms with Gasteiger partial charge in [-0.3, -0.25) is 4.79 Å². The quantitative estimate of drug-likeness (QED) is 0.590. The van der Waals surface area contributed by atoms with Crippen LogP contribution in [0.4, 0.5) is 5.69 Å². The van der Waals surface area contributed by atoms with E-state index in [0.717, 1.165) is 54.1 Å². The fraction of sp³-hybridized carbons (Fsp3) is 0.567. The summed E-state index contributed by atoms with van der Waals surface area (Å²) in [4.78, 5) is 17.6. The number of hydrogen-bond acceptors (Lipinski definition) is 3. The van der Waals surface area contributed by atoms with E-state index in [1.807, 2.05) is 35.2 Å². The maximum absolute atomic E-state index is 13.0. The molecule has 1 amide bonds. The van der Waals surface area contributed by atoms with Crippen molar-refractivity contribution in [1.82, 2.24) is 9.80 Å². The molecule has 0 unspecified atom stereocenters. The van der Waals surface area contributed by atoms with Crippen molar-refractivity contribution in [1.29, 1.82) is 0 Å². The molecule has 4 heteroatoms. The van der Waals surface area contributed by atoms with Crippen molar-refractivity contribution in [2.75, 3.05) is 39.0 Å². The van der Waals surface area contributed by atoms with E-state index in [-0.39, 0.29) is 5.91 Å². The average Bonchev–Trinajstić information content (AvgIpc) is 2.76. The van der Waals surface area contributed by atoms with Crippen LogP contribution in [-0.2, 0) is 11.2 Å². The molecule has 4 nitrogen and oxygen atoms in total. The fourth-order valence-electron chi connectivity index (χ4n) is 8.29. The Morgan fingerprint density at radius 1 is 0.971 bits per heavy atom. The third kappa shape index (κ3) is 4.37. The second kappa shape index (κ2) is 8.71. The third-order valence-corrected chi connectivity index (χ3v) is 9.24. The summed E-state index contributed by atoms with van der Waals surface area (Å²) in [5, 5.41) is 0. The van der Waals surface area contributed by atoms with E-state index in [1.165, 1.54) is 45.1 Å². The topological polar surface area (TPSA) is 49.6 Å². The van der Waals surface area contributed by atoms with Gasteiger partial charge in [0.15, 0.2) is 0 Å². The number of carbonyl (C=O) groups excluding carboxylic acids is 1. The number of rotatable bonds is 7. The summed E-state index contributed by atoms with van der Waals surface area (Å²) in [6.45, 7) is 4.17. The molecule has 1 aliphatic heterocycles. The molecule has 4 aliphatic carbocycles. The molecule has 5 fully saturated rings. The molecule has 2 aromatic carbocycles. The predicted octanol–water partition coefficient (Wildman–Crippen LogP) is 5.08. The Labute approximate surface area is 204 Å². The van der Waals surface area contributed by atoms with Gasteiger partial charge in [0.2, 0.25) is 5.91 Å². The van der Waals surface area contributed by atoms with Crippen LogP contribution >= 0.6 is 0 Å². The van der Waals surface area contributed by atoms with Gasteiger partial charge in [0.05, 0.1) is 6.42 Å². The van der Waals surface area contributed by atoms with Crippen LogP contribution in [0.5, 0.6) is 0 Å². The smallest absolute Gasteiger partial charge is 0.227 e. The van der Waals surface area contributed by atoms with Gasteiger partial charge in [-0.15, -0.1) is 0 Å². The first-order chi connectivity index (χ1) is 16.4. The van der Waals surface area contributed by atoms with Crippen molar-refractivity contribution in [2.45, 2.75) is 44.9 Å². The van der Waals surface area contributed by atoms with Crippen molar-refractivity contribution in [3.05, 3.63) is 54.1 Å². The van der Waals surface area contributed by atoms with Gasteiger partial charge in [0, 0.05) is 37.8 Å². The number of anilines is 1. The van der Waals surface area contributed by atoms with Crippen LogP contribution in [0.3, 0.4) is 0 Å². The van der Waals surface area contributed by atoms with Gasteiger partial charge in [-0.1, -0.05) is 36.4 Å². The first-order valence-electron chi connectivity index (χ1n) is 13.3. The lowest BCUT2D eigenvalue weighted by Gasteiger charge is -2.58. The normalized spacial score (nSPS) is 30.1. The molecule has 2 aromatic rings. The Bertz CT molecular complexity index is 1010. The Balaban J connectivity index is 1.01. The fourth-order valence-corrected chi connectivity index (χ4v) is 8.29. The van der Waals surface area contributed by atoms with Crippen LogP contribution < -0.4 is 5.73 Å². The van der Waals surface area contributed by atoms with Crippen molar-refractivity contribution in [3.63, 3.8) is 0 Å². The summed E-state index contributed by atoms with van der Waals surface area (Å²) in [6, 6.07) is 16.3. The Morgan fingerprint density at radius 2 is 1.62 bits per heavy atom. The molecule has 0 radical (unpaired) electrons. The average molecular weight is 458 g/mol. The summed E-state index contributed by atoms with van der Waals surface area (Å²) < 4.78 is 0. The van der Waals surface area contributed by atoms with E-state index in [0.29, 0.717) is 23.4 Å². The minimum Gasteiger partial charge on any atom is -0.398 e. The second-order valence-electron chi connectivity index (χ2n) is 12.2. The summed E-state index contributed by atoms with van der Waals surface area (Å²) in [6.07, 6.45) is 9.36. The van der Waals surface area contributed by atoms with E-state index in [4.69, 9.17) is 5.73 Å². The zero-order chi connectivity index (χ0) is 23.3. The van der Waals surface area contributed by atoms with Crippen molar-refractivity contribution >= 4 is 11.6 Å². The van der Waals surface area contributed by atoms with Crippen LogP contribution in [0.2, 0.25) is 0 Å². The number of benzene rings is 2. The third-order valence-electron chi connectivity index (χ3n) is 9.24. The molecule has 180 valence electrons. The van der Waals surface area contributed by atoms with Gasteiger partial charge in [0.25, 0.3) is 0 Å². The molecule has 4 bridgehead atoms. The Kier molecular flexibility index (Phi) is 5.68. The van der Waals surface area contributed by atoms with Gasteiger partial charge >= 0.3 is 0 Å². The molecule has 1 saturated heterocycles. The largest absolute Gasteiger partial charge is 0.398 e. The summed E-state index contributed by atoms with van der Waals surface area (Å²) >= 11 is 0. The molecular weight excluding hydrogens is 418 g/mol. The number of hydrogen-bond donors (Lipinski definition) is 1. The van der Waals surface area contributed by atoms with Gasteiger partial charge in [-0.2, -0.15) is 0 Å². The van der Waals surface area contributed by atoms with Crippen molar-refractivity contribution in [3.8, 4) is 11.1 Å². The number of nitrogens with zero attached hydrogens (tertiary/aromatic N) is 2. The summed E-state index contributed by atoms with van der Waals surface area (Å²) in [7, 11) is 2.32. The van der Waals surface area contributed by atoms with Crippen LogP contribution in [0.1, 0.15) is 44.1 Å². The van der Waals surface area contributed by atoms with E-state index in [9.17, 15) is 4.79 Å². The molecule has 1 heterocycles. The lowest BCUT2D eigenvalue weighted by Crippen LogP contribution is -2.56. The predicted molar refractivity (Wildman–Crippen MR) is 138 cm³/mol. The molecule has 34 heavy (non-hydrogen) atoms. The molecule has 4 saturated carbocycles. The number of likely N-dealkylation sites (tertiary alicyclic amines) is 1. The summed E-state index contributed by atoms with van der Waals surface area (Å²) in [5.41, 5.74) is 10.8. The van der Waals surface area contributed by atoms with Gasteiger partial charge in [0.1, 0.15) is 0 Å². The molecular formula is C30H39N3O. The highest BCUT2D eigenvalue weighted by atomic mass is 16.2. The first kappa shape index (κ1) is 22.2. The van der Waals surface area contributed by atoms with E-state index in [1.54, 1.807) is 0 Å². The van der Waals surface area contributed by atoms with E-state index < -0.39 is 0 Å². The number of nitrogen functional groups attached to an aromatic ring is 1. The van der Waals surface area contributed by atoms with Gasteiger partial charge < -0.3 is 15.5 Å². The van der Waals surface area contributed by atoms with Crippen LogP contribution in [-0.4, -0.2) is 48.9 Å². The highest BCUT2D eigenvalue weighted by molar-refractivity contribution is 5.82. The van der Waals surface area contributed by atoms with Gasteiger partial charge in [-0.05, 0) is 97.6 Å². The monoisotopic (exact) mass is 457 g/mol. The SMILES string of the molecule is CN(CC1CN(C(=O)Cc2cc(-c3ccccc3)ccc2N)C1)CC12CC3CC(CC(C3)C1)C2. The maximum atomic E-state index is 13.0. The Morgan fingerprint density at radius 3 is 2.26 bits per heavy atom. The zero-order valence-electron chi connectivity index (χ0n) is 20.6. The van der Waals surface area contributed by atoms with Gasteiger partial charge in [-0.25, -0.2) is 0 Å². The maximum Gasteiger partial charge on any atom is 0.227 e. The molecule has 2 N–H and O–H groups in total. The lowest BCUT2D eigenvalue weighted by molar-refractivity contribution is -0.137. The van der Waals surface area contributed by atoms with Crippen molar-refractivity contribution < 1.29 is 4.79 Å². The molecule has 5 aliphatic rings. The first-order valence-corrected chi connectivity index (χ1v) is 13.3. The van der Waals surface area contributed by atoms with Crippen molar-refractivity contribution in [2.24, 2.45) is 29.1 Å². The minimum atomic E-state index is 0.205. The van der Waals surface area contributed by atoms with E-state index in [2.05, 4.69) is 30.1 Å². The standard InChI is InChI=1S/C30H39N3O/c1-32(20-30-14-21-9-22(15-30)11-23(10-21)16-30)17-24-18-33(19-24)29(34)13-27-12-26(7-8-28(27)31)25-5-3-2-4-6-25/h2-8,12,21-24H,9-11,13-20,31H2,1H3. The van der Waals surface area contributed by atoms with Crippen LogP contribution in [0.15, 0.2) is 48.5 Å². The van der Waals surface area contributed by atoms with E-state index >= 15 is 0 Å². The lowest BCUT2D eigenvalue weighted by atomic mass is 9.49. The minimum absolute atomic E-state index is 0.205. The number of amides is 1. The molecule has 7 rings (SSSR count). The number of carbonyl (C=O) groups is 1. The highest BCUT2D eigenvalue weighted by Gasteiger charge is 2.51. The highest BCUT2D eigenvalue weighted by Crippen LogP contribution is 2.60.